The largest absolute Gasteiger partial charge is 0.394 e. The van der Waals surface area contributed by atoms with Gasteiger partial charge in [0.15, 0.2) is 6.29 Å². The summed E-state index contributed by atoms with van der Waals surface area (Å²) in [7, 11) is 0. The van der Waals surface area contributed by atoms with E-state index < -0.39 is 6.10 Å². The second-order valence-electron chi connectivity index (χ2n) is 3.45. The van der Waals surface area contributed by atoms with Gasteiger partial charge in [-0.05, 0) is 12.8 Å². The van der Waals surface area contributed by atoms with Crippen molar-refractivity contribution in [1.29, 1.82) is 0 Å². The van der Waals surface area contributed by atoms with Crippen LogP contribution in [0.25, 0.3) is 0 Å². The molecule has 1 aliphatic rings. The van der Waals surface area contributed by atoms with Crippen molar-refractivity contribution in [2.45, 2.75) is 38.8 Å². The van der Waals surface area contributed by atoms with Gasteiger partial charge in [-0.15, -0.1) is 0 Å². The molecule has 4 atom stereocenters. The highest BCUT2D eigenvalue weighted by molar-refractivity contribution is 4.81. The molecule has 13 heavy (non-hydrogen) atoms. The lowest BCUT2D eigenvalue weighted by Crippen LogP contribution is -2.33. The summed E-state index contributed by atoms with van der Waals surface area (Å²) in [5.74, 6) is 0.235. The van der Waals surface area contributed by atoms with Gasteiger partial charge in [-0.25, -0.2) is 0 Å². The van der Waals surface area contributed by atoms with Gasteiger partial charge in [0, 0.05) is 13.0 Å². The maximum atomic E-state index is 9.38. The quantitative estimate of drug-likeness (QED) is 0.661. The van der Waals surface area contributed by atoms with Crippen LogP contribution in [0.2, 0.25) is 0 Å². The summed E-state index contributed by atoms with van der Waals surface area (Å²) < 4.78 is 10.7. The van der Waals surface area contributed by atoms with Gasteiger partial charge >= 0.3 is 0 Å². The van der Waals surface area contributed by atoms with Crippen LogP contribution in [0.15, 0.2) is 0 Å². The molecule has 0 aromatic carbocycles. The van der Waals surface area contributed by atoms with Gasteiger partial charge in [-0.1, -0.05) is 6.92 Å². The first-order chi connectivity index (χ1) is 6.19. The molecule has 1 aliphatic heterocycles. The molecule has 0 spiro atoms. The minimum Gasteiger partial charge on any atom is -0.394 e. The van der Waals surface area contributed by atoms with E-state index in [1.807, 2.05) is 13.8 Å². The predicted octanol–water partition coefficient (Wildman–Crippen LogP) is 0.127. The van der Waals surface area contributed by atoms with Crippen molar-refractivity contribution in [3.05, 3.63) is 0 Å². The van der Waals surface area contributed by atoms with E-state index in [-0.39, 0.29) is 24.9 Å². The zero-order chi connectivity index (χ0) is 9.84. The van der Waals surface area contributed by atoms with Gasteiger partial charge in [-0.2, -0.15) is 0 Å². The van der Waals surface area contributed by atoms with Crippen molar-refractivity contribution >= 4 is 0 Å². The molecule has 4 heteroatoms. The molecule has 1 rings (SSSR count). The van der Waals surface area contributed by atoms with Crippen molar-refractivity contribution in [3.63, 3.8) is 0 Å². The van der Waals surface area contributed by atoms with E-state index in [1.165, 1.54) is 0 Å². The standard InChI is InChI=1S/C9H18O4/c1-3-12-8-4-6(2)9(13-8)7(11)5-10/h6-11H,3-5H2,1-2H3/t6-,7-,8?,9-/m1/s1. The molecule has 1 saturated heterocycles. The van der Waals surface area contributed by atoms with Gasteiger partial charge in [0.1, 0.15) is 6.10 Å². The molecule has 78 valence electrons. The molecule has 0 saturated carbocycles. The molecule has 0 aromatic heterocycles. The average molecular weight is 190 g/mol. The maximum Gasteiger partial charge on any atom is 0.158 e. The highest BCUT2D eigenvalue weighted by Gasteiger charge is 2.36. The van der Waals surface area contributed by atoms with Gasteiger partial charge in [0.2, 0.25) is 0 Å². The number of ether oxygens (including phenoxy) is 2. The van der Waals surface area contributed by atoms with Crippen LogP contribution < -0.4 is 0 Å². The van der Waals surface area contributed by atoms with Crippen molar-refractivity contribution in [2.75, 3.05) is 13.2 Å². The third kappa shape index (κ3) is 2.64. The van der Waals surface area contributed by atoms with E-state index in [2.05, 4.69) is 0 Å². The van der Waals surface area contributed by atoms with Crippen LogP contribution >= 0.6 is 0 Å². The van der Waals surface area contributed by atoms with E-state index in [0.29, 0.717) is 6.61 Å². The molecule has 0 radical (unpaired) electrons. The molecule has 1 unspecified atom stereocenters. The van der Waals surface area contributed by atoms with E-state index in [1.54, 1.807) is 0 Å². The second kappa shape index (κ2) is 4.91. The Bertz CT molecular complexity index is 151. The van der Waals surface area contributed by atoms with Crippen LogP contribution in [0.4, 0.5) is 0 Å². The topological polar surface area (TPSA) is 58.9 Å². The van der Waals surface area contributed by atoms with Crippen molar-refractivity contribution in [1.82, 2.24) is 0 Å². The smallest absolute Gasteiger partial charge is 0.158 e. The Kier molecular flexibility index (Phi) is 4.12. The first-order valence-corrected chi connectivity index (χ1v) is 4.75. The molecule has 2 N–H and O–H groups in total. The van der Waals surface area contributed by atoms with Gasteiger partial charge < -0.3 is 19.7 Å². The molecule has 1 heterocycles. The molecule has 0 aliphatic carbocycles. The normalized spacial score (nSPS) is 36.5. The van der Waals surface area contributed by atoms with Crippen LogP contribution in [0.5, 0.6) is 0 Å². The fraction of sp³-hybridized carbons (Fsp3) is 1.00. The fourth-order valence-electron chi connectivity index (χ4n) is 1.67. The average Bonchev–Trinajstić information content (AvgIpc) is 2.46. The van der Waals surface area contributed by atoms with E-state index >= 15 is 0 Å². The van der Waals surface area contributed by atoms with Gasteiger partial charge in [-0.3, -0.25) is 0 Å². The molecule has 0 aromatic rings. The van der Waals surface area contributed by atoms with Gasteiger partial charge in [0.05, 0.1) is 12.7 Å². The SMILES string of the molecule is CCOC1C[C@@H](C)[C@H]([C@H](O)CO)O1. The Hall–Kier alpha value is -0.160. The Balaban J connectivity index is 2.41. The lowest BCUT2D eigenvalue weighted by molar-refractivity contribution is -0.157. The monoisotopic (exact) mass is 190 g/mol. The lowest BCUT2D eigenvalue weighted by atomic mass is 10.00. The molecule has 0 bridgehead atoms. The Morgan fingerprint density at radius 1 is 1.62 bits per heavy atom. The van der Waals surface area contributed by atoms with Crippen LogP contribution in [-0.2, 0) is 9.47 Å². The van der Waals surface area contributed by atoms with Crippen molar-refractivity contribution in [3.8, 4) is 0 Å². The minimum absolute atomic E-state index is 0.216. The van der Waals surface area contributed by atoms with Gasteiger partial charge in [0.25, 0.3) is 0 Å². The first kappa shape index (κ1) is 10.9. The summed E-state index contributed by atoms with van der Waals surface area (Å²) in [6.07, 6.45) is -0.511. The summed E-state index contributed by atoms with van der Waals surface area (Å²) in [4.78, 5) is 0. The van der Waals surface area contributed by atoms with E-state index in [0.717, 1.165) is 6.42 Å². The number of aliphatic hydroxyl groups excluding tert-OH is 2. The summed E-state index contributed by atoms with van der Waals surface area (Å²) >= 11 is 0. The molecular weight excluding hydrogens is 172 g/mol. The van der Waals surface area contributed by atoms with Crippen molar-refractivity contribution < 1.29 is 19.7 Å². The lowest BCUT2D eigenvalue weighted by Gasteiger charge is -2.19. The second-order valence-corrected chi connectivity index (χ2v) is 3.45. The fourth-order valence-corrected chi connectivity index (χ4v) is 1.67. The highest BCUT2D eigenvalue weighted by Crippen LogP contribution is 2.28. The van der Waals surface area contributed by atoms with E-state index in [4.69, 9.17) is 14.6 Å². The molecular formula is C9H18O4. The summed E-state index contributed by atoms with van der Waals surface area (Å²) in [6, 6.07) is 0. The number of aliphatic hydroxyl groups is 2. The van der Waals surface area contributed by atoms with Crippen LogP contribution in [0, 0.1) is 5.92 Å². The summed E-state index contributed by atoms with van der Waals surface area (Å²) in [6.45, 7) is 4.25. The third-order valence-electron chi connectivity index (χ3n) is 2.35. The minimum atomic E-state index is -0.791. The zero-order valence-electron chi connectivity index (χ0n) is 8.14. The number of rotatable bonds is 4. The summed E-state index contributed by atoms with van der Waals surface area (Å²) in [5, 5.41) is 18.1. The predicted molar refractivity (Wildman–Crippen MR) is 47.2 cm³/mol. The number of hydrogen-bond acceptors (Lipinski definition) is 4. The Morgan fingerprint density at radius 2 is 2.31 bits per heavy atom. The molecule has 1 fully saturated rings. The molecule has 0 amide bonds. The van der Waals surface area contributed by atoms with Crippen LogP contribution in [0.3, 0.4) is 0 Å². The highest BCUT2D eigenvalue weighted by atomic mass is 16.7. The van der Waals surface area contributed by atoms with E-state index in [9.17, 15) is 5.11 Å². The van der Waals surface area contributed by atoms with Crippen LogP contribution in [-0.4, -0.2) is 41.9 Å². The van der Waals surface area contributed by atoms with Crippen molar-refractivity contribution in [2.24, 2.45) is 5.92 Å². The maximum absolute atomic E-state index is 9.38. The Morgan fingerprint density at radius 3 is 2.85 bits per heavy atom. The zero-order valence-corrected chi connectivity index (χ0v) is 8.14. The molecule has 4 nitrogen and oxygen atoms in total. The number of hydrogen-bond donors (Lipinski definition) is 2. The van der Waals surface area contributed by atoms with Crippen LogP contribution in [0.1, 0.15) is 20.3 Å². The first-order valence-electron chi connectivity index (χ1n) is 4.75. The summed E-state index contributed by atoms with van der Waals surface area (Å²) in [5.41, 5.74) is 0. The third-order valence-corrected chi connectivity index (χ3v) is 2.35. The Labute approximate surface area is 78.5 Å².